The van der Waals surface area contributed by atoms with Gasteiger partial charge >= 0.3 is 0 Å². The van der Waals surface area contributed by atoms with E-state index in [-0.39, 0.29) is 11.8 Å². The summed E-state index contributed by atoms with van der Waals surface area (Å²) in [7, 11) is -0.956. The smallest absolute Gasteiger partial charge is 0.147 e. The SMILES string of the molecule is CNC(CCCS(C)(=O)=O)c1cnc(C)s1. The molecule has 1 aromatic rings. The first kappa shape index (κ1) is 13.6. The van der Waals surface area contributed by atoms with Crippen molar-refractivity contribution in [3.63, 3.8) is 0 Å². The number of hydrogen-bond donors (Lipinski definition) is 1. The molecule has 92 valence electrons. The second kappa shape index (κ2) is 5.75. The fraction of sp³-hybridized carbons (Fsp3) is 0.700. The van der Waals surface area contributed by atoms with Crippen LogP contribution >= 0.6 is 11.3 Å². The average molecular weight is 262 g/mol. The van der Waals surface area contributed by atoms with E-state index in [1.54, 1.807) is 11.3 Å². The van der Waals surface area contributed by atoms with Gasteiger partial charge in [-0.3, -0.25) is 0 Å². The quantitative estimate of drug-likeness (QED) is 0.845. The van der Waals surface area contributed by atoms with Crippen LogP contribution in [0.5, 0.6) is 0 Å². The van der Waals surface area contributed by atoms with Crippen LogP contribution in [0.1, 0.15) is 28.8 Å². The molecule has 1 unspecified atom stereocenters. The molecule has 0 saturated carbocycles. The molecule has 1 heterocycles. The molecule has 0 aromatic carbocycles. The van der Waals surface area contributed by atoms with Gasteiger partial charge in [-0.15, -0.1) is 11.3 Å². The molecule has 1 N–H and O–H groups in total. The van der Waals surface area contributed by atoms with Crippen molar-refractivity contribution in [2.45, 2.75) is 25.8 Å². The van der Waals surface area contributed by atoms with E-state index in [4.69, 9.17) is 0 Å². The number of nitrogens with one attached hydrogen (secondary N) is 1. The van der Waals surface area contributed by atoms with Gasteiger partial charge < -0.3 is 5.32 Å². The Kier molecular flexibility index (Phi) is 4.89. The molecule has 0 fully saturated rings. The maximum atomic E-state index is 11.0. The van der Waals surface area contributed by atoms with Crippen LogP contribution in [-0.4, -0.2) is 32.5 Å². The molecule has 0 saturated heterocycles. The van der Waals surface area contributed by atoms with Gasteiger partial charge in [-0.1, -0.05) is 0 Å². The van der Waals surface area contributed by atoms with Crippen LogP contribution < -0.4 is 5.32 Å². The normalized spacial score (nSPS) is 13.9. The Balaban J connectivity index is 2.50. The first-order chi connectivity index (χ1) is 7.42. The highest BCUT2D eigenvalue weighted by Gasteiger charge is 2.13. The lowest BCUT2D eigenvalue weighted by atomic mass is 10.1. The van der Waals surface area contributed by atoms with Gasteiger partial charge in [0.15, 0.2) is 0 Å². The number of nitrogens with zero attached hydrogens (tertiary/aromatic N) is 1. The molecule has 6 heteroatoms. The van der Waals surface area contributed by atoms with Crippen LogP contribution in [0, 0.1) is 6.92 Å². The maximum Gasteiger partial charge on any atom is 0.147 e. The molecule has 0 aliphatic heterocycles. The van der Waals surface area contributed by atoms with Gasteiger partial charge in [0.2, 0.25) is 0 Å². The van der Waals surface area contributed by atoms with Crippen LogP contribution in [0.15, 0.2) is 6.20 Å². The zero-order valence-electron chi connectivity index (χ0n) is 9.86. The zero-order chi connectivity index (χ0) is 12.2. The van der Waals surface area contributed by atoms with Crippen molar-refractivity contribution in [1.82, 2.24) is 10.3 Å². The van der Waals surface area contributed by atoms with Gasteiger partial charge in [0.1, 0.15) is 9.84 Å². The van der Waals surface area contributed by atoms with Crippen molar-refractivity contribution >= 4 is 21.2 Å². The van der Waals surface area contributed by atoms with E-state index in [2.05, 4.69) is 10.3 Å². The van der Waals surface area contributed by atoms with E-state index in [0.717, 1.165) is 11.4 Å². The average Bonchev–Trinajstić information content (AvgIpc) is 2.58. The van der Waals surface area contributed by atoms with Crippen LogP contribution in [0.25, 0.3) is 0 Å². The van der Waals surface area contributed by atoms with E-state index < -0.39 is 9.84 Å². The third-order valence-corrected chi connectivity index (χ3v) is 4.40. The van der Waals surface area contributed by atoms with Crippen LogP contribution in [0.2, 0.25) is 0 Å². The minimum Gasteiger partial charge on any atom is -0.312 e. The lowest BCUT2D eigenvalue weighted by molar-refractivity contribution is 0.543. The highest BCUT2D eigenvalue weighted by atomic mass is 32.2. The molecule has 0 aliphatic rings. The van der Waals surface area contributed by atoms with Gasteiger partial charge in [0, 0.05) is 29.1 Å². The summed E-state index contributed by atoms with van der Waals surface area (Å²) in [5.41, 5.74) is 0. The molecule has 1 aromatic heterocycles. The lowest BCUT2D eigenvalue weighted by Gasteiger charge is -2.13. The summed E-state index contributed by atoms with van der Waals surface area (Å²) in [5, 5.41) is 4.23. The van der Waals surface area contributed by atoms with Crippen molar-refractivity contribution < 1.29 is 8.42 Å². The van der Waals surface area contributed by atoms with Gasteiger partial charge in [0.05, 0.1) is 5.01 Å². The Morgan fingerprint density at radius 3 is 2.69 bits per heavy atom. The number of aryl methyl sites for hydroxylation is 1. The Bertz CT molecular complexity index is 426. The van der Waals surface area contributed by atoms with Gasteiger partial charge in [0.25, 0.3) is 0 Å². The number of thiazole rings is 1. The van der Waals surface area contributed by atoms with E-state index in [1.807, 2.05) is 20.2 Å². The van der Waals surface area contributed by atoms with E-state index in [0.29, 0.717) is 6.42 Å². The fourth-order valence-electron chi connectivity index (χ4n) is 1.52. The predicted molar refractivity (Wildman–Crippen MR) is 67.6 cm³/mol. The number of sulfone groups is 1. The van der Waals surface area contributed by atoms with Gasteiger partial charge in [-0.2, -0.15) is 0 Å². The topological polar surface area (TPSA) is 59.1 Å². The number of hydrogen-bond acceptors (Lipinski definition) is 5. The number of aromatic nitrogens is 1. The first-order valence-electron chi connectivity index (χ1n) is 5.19. The fourth-order valence-corrected chi connectivity index (χ4v) is 3.14. The second-order valence-electron chi connectivity index (χ2n) is 3.90. The molecule has 0 aliphatic carbocycles. The van der Waals surface area contributed by atoms with Crippen LogP contribution in [0.4, 0.5) is 0 Å². The summed E-state index contributed by atoms with van der Waals surface area (Å²) in [6.07, 6.45) is 4.65. The third-order valence-electron chi connectivity index (χ3n) is 2.34. The summed E-state index contributed by atoms with van der Waals surface area (Å²) < 4.78 is 22.0. The highest BCUT2D eigenvalue weighted by molar-refractivity contribution is 7.90. The van der Waals surface area contributed by atoms with Gasteiger partial charge in [-0.25, -0.2) is 13.4 Å². The summed E-state index contributed by atoms with van der Waals surface area (Å²) >= 11 is 1.66. The molecular formula is C10H18N2O2S2. The molecular weight excluding hydrogens is 244 g/mol. The molecule has 1 rings (SSSR count). The van der Waals surface area contributed by atoms with E-state index >= 15 is 0 Å². The molecule has 0 radical (unpaired) electrons. The Morgan fingerprint density at radius 1 is 1.56 bits per heavy atom. The molecule has 16 heavy (non-hydrogen) atoms. The van der Waals surface area contributed by atoms with Crippen molar-refractivity contribution in [3.05, 3.63) is 16.1 Å². The Morgan fingerprint density at radius 2 is 2.25 bits per heavy atom. The zero-order valence-corrected chi connectivity index (χ0v) is 11.5. The lowest BCUT2D eigenvalue weighted by Crippen LogP contribution is -2.16. The summed E-state index contributed by atoms with van der Waals surface area (Å²) in [6.45, 7) is 1.97. The molecule has 0 bridgehead atoms. The molecule has 1 atom stereocenters. The minimum absolute atomic E-state index is 0.216. The number of rotatable bonds is 6. The minimum atomic E-state index is -2.84. The first-order valence-corrected chi connectivity index (χ1v) is 8.07. The van der Waals surface area contributed by atoms with Crippen molar-refractivity contribution in [3.8, 4) is 0 Å². The highest BCUT2D eigenvalue weighted by Crippen LogP contribution is 2.23. The third kappa shape index (κ3) is 4.59. The van der Waals surface area contributed by atoms with Gasteiger partial charge in [-0.05, 0) is 26.8 Å². The monoisotopic (exact) mass is 262 g/mol. The van der Waals surface area contributed by atoms with E-state index in [1.165, 1.54) is 11.1 Å². The molecule has 0 spiro atoms. The van der Waals surface area contributed by atoms with Crippen molar-refractivity contribution in [2.24, 2.45) is 0 Å². The molecule has 4 nitrogen and oxygen atoms in total. The van der Waals surface area contributed by atoms with Crippen molar-refractivity contribution in [2.75, 3.05) is 19.1 Å². The van der Waals surface area contributed by atoms with E-state index in [9.17, 15) is 8.42 Å². The van der Waals surface area contributed by atoms with Crippen LogP contribution in [-0.2, 0) is 9.84 Å². The summed E-state index contributed by atoms with van der Waals surface area (Å²) in [5.74, 6) is 0.253. The van der Waals surface area contributed by atoms with Crippen LogP contribution in [0.3, 0.4) is 0 Å². The Labute approximate surface area is 101 Å². The largest absolute Gasteiger partial charge is 0.312 e. The summed E-state index contributed by atoms with van der Waals surface area (Å²) in [4.78, 5) is 5.38. The summed E-state index contributed by atoms with van der Waals surface area (Å²) in [6, 6.07) is 0.216. The predicted octanol–water partition coefficient (Wildman–Crippen LogP) is 1.54. The maximum absolute atomic E-state index is 11.0. The molecule has 0 amide bonds. The second-order valence-corrected chi connectivity index (χ2v) is 7.42. The Hall–Kier alpha value is -0.460. The standard InChI is InChI=1S/C10H18N2O2S2/c1-8-12-7-10(15-8)9(11-2)5-4-6-16(3,13)14/h7,9,11H,4-6H2,1-3H3. The van der Waals surface area contributed by atoms with Crippen molar-refractivity contribution in [1.29, 1.82) is 0 Å².